The van der Waals surface area contributed by atoms with Crippen LogP contribution in [0.4, 0.5) is 19.0 Å². The van der Waals surface area contributed by atoms with Gasteiger partial charge in [0, 0.05) is 0 Å². The molecule has 1 rings (SSSR count). The van der Waals surface area contributed by atoms with Gasteiger partial charge in [0.25, 0.3) is 0 Å². The molecule has 1 aromatic heterocycles. The normalized spacial score (nSPS) is 11.9. The SMILES string of the molecule is Nc1cnn(CCOC(F)(F)F)n1. The van der Waals surface area contributed by atoms with Crippen LogP contribution in [-0.4, -0.2) is 28.0 Å². The third-order valence-electron chi connectivity index (χ3n) is 1.11. The van der Waals surface area contributed by atoms with Crippen LogP contribution >= 0.6 is 0 Å². The van der Waals surface area contributed by atoms with E-state index in [1.54, 1.807) is 0 Å². The van der Waals surface area contributed by atoms with Crippen LogP contribution in [0.15, 0.2) is 6.20 Å². The number of nitrogens with two attached hydrogens (primary N) is 1. The monoisotopic (exact) mass is 196 g/mol. The molecule has 0 aliphatic carbocycles. The standard InChI is InChI=1S/C5H7F3N4O/c6-5(7,8)13-2-1-12-10-3-4(9)11-12/h3H,1-2H2,(H2,9,11). The van der Waals surface area contributed by atoms with E-state index in [9.17, 15) is 13.2 Å². The minimum absolute atomic E-state index is 0.0866. The minimum Gasteiger partial charge on any atom is -0.381 e. The number of hydrogen-bond donors (Lipinski definition) is 1. The molecule has 0 amide bonds. The number of nitrogens with zero attached hydrogens (tertiary/aromatic N) is 3. The Morgan fingerprint density at radius 3 is 2.69 bits per heavy atom. The predicted octanol–water partition coefficient (Wildman–Crippen LogP) is 0.397. The highest BCUT2D eigenvalue weighted by molar-refractivity contribution is 5.19. The lowest BCUT2D eigenvalue weighted by atomic mass is 10.7. The summed E-state index contributed by atoms with van der Waals surface area (Å²) >= 11 is 0. The van der Waals surface area contributed by atoms with Crippen LogP contribution in [0, 0.1) is 0 Å². The highest BCUT2D eigenvalue weighted by Gasteiger charge is 2.28. The van der Waals surface area contributed by atoms with Crippen molar-refractivity contribution in [3.63, 3.8) is 0 Å². The molecule has 0 bridgehead atoms. The van der Waals surface area contributed by atoms with Crippen molar-refractivity contribution in [2.75, 3.05) is 12.3 Å². The molecule has 0 radical (unpaired) electrons. The molecule has 13 heavy (non-hydrogen) atoms. The van der Waals surface area contributed by atoms with Gasteiger partial charge < -0.3 is 5.73 Å². The van der Waals surface area contributed by atoms with Gasteiger partial charge in [-0.2, -0.15) is 9.90 Å². The fourth-order valence-corrected chi connectivity index (χ4v) is 0.661. The summed E-state index contributed by atoms with van der Waals surface area (Å²) in [5.41, 5.74) is 5.18. The summed E-state index contributed by atoms with van der Waals surface area (Å²) in [5, 5.41) is 7.13. The number of halogens is 3. The van der Waals surface area contributed by atoms with Crippen LogP contribution in [-0.2, 0) is 11.3 Å². The molecule has 74 valence electrons. The summed E-state index contributed by atoms with van der Waals surface area (Å²) in [7, 11) is 0. The molecule has 0 fully saturated rings. The molecule has 5 nitrogen and oxygen atoms in total. The van der Waals surface area contributed by atoms with Crippen molar-refractivity contribution < 1.29 is 17.9 Å². The smallest absolute Gasteiger partial charge is 0.381 e. The molecule has 1 aromatic rings. The lowest BCUT2D eigenvalue weighted by Crippen LogP contribution is -2.18. The summed E-state index contributed by atoms with van der Waals surface area (Å²) in [6.45, 7) is -0.617. The zero-order chi connectivity index (χ0) is 9.90. The Kier molecular flexibility index (Phi) is 2.71. The van der Waals surface area contributed by atoms with Crippen LogP contribution in [0.3, 0.4) is 0 Å². The first-order chi connectivity index (χ1) is 5.97. The van der Waals surface area contributed by atoms with E-state index >= 15 is 0 Å². The van der Waals surface area contributed by atoms with Gasteiger partial charge in [-0.1, -0.05) is 0 Å². The van der Waals surface area contributed by atoms with Gasteiger partial charge in [-0.3, -0.25) is 4.74 Å². The zero-order valence-corrected chi connectivity index (χ0v) is 6.45. The van der Waals surface area contributed by atoms with E-state index in [1.807, 2.05) is 0 Å². The van der Waals surface area contributed by atoms with E-state index in [-0.39, 0.29) is 12.4 Å². The van der Waals surface area contributed by atoms with Crippen molar-refractivity contribution in [3.05, 3.63) is 6.20 Å². The summed E-state index contributed by atoms with van der Waals surface area (Å²) < 4.78 is 37.9. The molecule has 2 N–H and O–H groups in total. The van der Waals surface area contributed by atoms with Gasteiger partial charge in [0.1, 0.15) is 0 Å². The number of ether oxygens (including phenoxy) is 1. The molecule has 0 aromatic carbocycles. The molecular formula is C5H7F3N4O. The first-order valence-corrected chi connectivity index (χ1v) is 3.34. The fourth-order valence-electron chi connectivity index (χ4n) is 0.661. The van der Waals surface area contributed by atoms with Crippen molar-refractivity contribution in [2.45, 2.75) is 12.9 Å². The highest BCUT2D eigenvalue weighted by Crippen LogP contribution is 2.15. The second-order valence-corrected chi connectivity index (χ2v) is 2.16. The molecule has 8 heteroatoms. The van der Waals surface area contributed by atoms with E-state index in [0.717, 1.165) is 4.80 Å². The number of nitrogen functional groups attached to an aromatic ring is 1. The van der Waals surface area contributed by atoms with E-state index in [1.165, 1.54) is 6.20 Å². The van der Waals surface area contributed by atoms with Gasteiger partial charge in [0.05, 0.1) is 19.3 Å². The Morgan fingerprint density at radius 1 is 1.54 bits per heavy atom. The van der Waals surface area contributed by atoms with Crippen molar-refractivity contribution in [1.82, 2.24) is 15.0 Å². The van der Waals surface area contributed by atoms with Gasteiger partial charge in [0.2, 0.25) is 0 Å². The van der Waals surface area contributed by atoms with E-state index in [2.05, 4.69) is 14.9 Å². The largest absolute Gasteiger partial charge is 0.522 e. The number of hydrogen-bond acceptors (Lipinski definition) is 4. The van der Waals surface area contributed by atoms with Gasteiger partial charge >= 0.3 is 6.36 Å². The van der Waals surface area contributed by atoms with Crippen LogP contribution < -0.4 is 5.73 Å². The van der Waals surface area contributed by atoms with Crippen LogP contribution in [0.5, 0.6) is 0 Å². The van der Waals surface area contributed by atoms with Crippen LogP contribution in [0.25, 0.3) is 0 Å². The number of anilines is 1. The summed E-state index contributed by atoms with van der Waals surface area (Å²) in [6.07, 6.45) is -3.37. The number of aromatic nitrogens is 3. The zero-order valence-electron chi connectivity index (χ0n) is 6.45. The summed E-state index contributed by atoms with van der Waals surface area (Å²) in [5.74, 6) is 0.159. The topological polar surface area (TPSA) is 66.0 Å². The Morgan fingerprint density at radius 2 is 2.23 bits per heavy atom. The minimum atomic E-state index is -4.61. The van der Waals surface area contributed by atoms with Crippen molar-refractivity contribution in [1.29, 1.82) is 0 Å². The maximum absolute atomic E-state index is 11.5. The molecule has 0 saturated heterocycles. The molecule has 0 spiro atoms. The third kappa shape index (κ3) is 3.74. The average molecular weight is 196 g/mol. The van der Waals surface area contributed by atoms with Crippen LogP contribution in [0.2, 0.25) is 0 Å². The molecular weight excluding hydrogens is 189 g/mol. The van der Waals surface area contributed by atoms with Crippen molar-refractivity contribution in [2.24, 2.45) is 0 Å². The van der Waals surface area contributed by atoms with Gasteiger partial charge in [0.15, 0.2) is 5.82 Å². The highest BCUT2D eigenvalue weighted by atomic mass is 19.4. The lowest BCUT2D eigenvalue weighted by molar-refractivity contribution is -0.325. The van der Waals surface area contributed by atoms with Crippen molar-refractivity contribution >= 4 is 5.82 Å². The molecule has 0 aliphatic rings. The Hall–Kier alpha value is -1.31. The molecule has 0 atom stereocenters. The Bertz CT molecular complexity index is 271. The van der Waals surface area contributed by atoms with Gasteiger partial charge in [-0.25, -0.2) is 0 Å². The summed E-state index contributed by atoms with van der Waals surface area (Å²) in [6, 6.07) is 0. The fraction of sp³-hybridized carbons (Fsp3) is 0.600. The predicted molar refractivity (Wildman–Crippen MR) is 36.4 cm³/mol. The first kappa shape index (κ1) is 9.78. The lowest BCUT2D eigenvalue weighted by Gasteiger charge is -2.05. The average Bonchev–Trinajstić information content (AvgIpc) is 2.33. The van der Waals surface area contributed by atoms with Gasteiger partial charge in [-0.15, -0.1) is 18.3 Å². The Labute approximate surface area is 71.3 Å². The van der Waals surface area contributed by atoms with Crippen molar-refractivity contribution in [3.8, 4) is 0 Å². The summed E-state index contributed by atoms with van der Waals surface area (Å²) in [4.78, 5) is 1.03. The molecule has 0 unspecified atom stereocenters. The molecule has 1 heterocycles. The first-order valence-electron chi connectivity index (χ1n) is 3.34. The Balaban J connectivity index is 2.28. The van der Waals surface area contributed by atoms with E-state index < -0.39 is 13.0 Å². The molecule has 0 saturated carbocycles. The maximum Gasteiger partial charge on any atom is 0.522 e. The number of rotatable bonds is 3. The van der Waals surface area contributed by atoms with E-state index in [0.29, 0.717) is 0 Å². The number of alkyl halides is 3. The van der Waals surface area contributed by atoms with Gasteiger partial charge in [-0.05, 0) is 0 Å². The second-order valence-electron chi connectivity index (χ2n) is 2.16. The van der Waals surface area contributed by atoms with Crippen LogP contribution in [0.1, 0.15) is 0 Å². The second kappa shape index (κ2) is 3.60. The van der Waals surface area contributed by atoms with E-state index in [4.69, 9.17) is 5.73 Å². The third-order valence-corrected chi connectivity index (χ3v) is 1.11. The maximum atomic E-state index is 11.5. The molecule has 0 aliphatic heterocycles. The quantitative estimate of drug-likeness (QED) is 0.759.